The highest BCUT2D eigenvalue weighted by Crippen LogP contribution is 2.25. The minimum Gasteiger partial charge on any atom is -0.292 e. The molecule has 3 rings (SSSR count). The average Bonchev–Trinajstić information content (AvgIpc) is 2.69. The number of rotatable bonds is 5. The fourth-order valence-corrected chi connectivity index (χ4v) is 3.31. The van der Waals surface area contributed by atoms with Gasteiger partial charge in [-0.25, -0.2) is 5.01 Å². The van der Waals surface area contributed by atoms with E-state index >= 15 is 0 Å². The minimum atomic E-state index is -0.713. The second kappa shape index (κ2) is 8.95. The van der Waals surface area contributed by atoms with E-state index in [-0.39, 0.29) is 28.5 Å². The van der Waals surface area contributed by atoms with Gasteiger partial charge in [-0.1, -0.05) is 34.8 Å². The molecule has 0 saturated carbocycles. The molecule has 6 nitrogen and oxygen atoms in total. The standard InChI is InChI=1S/C20H15Cl3N2O4/c21-14-7-4-12(5-8-14)17(26)11-24(25-18(27)2-1-3-19(25)28)20(29)13-6-9-15(22)16(23)10-13/h4-10H,1-3,11H2. The van der Waals surface area contributed by atoms with E-state index < -0.39 is 30.0 Å². The van der Waals surface area contributed by atoms with Gasteiger partial charge in [0.05, 0.1) is 10.0 Å². The number of hydrogen-bond acceptors (Lipinski definition) is 4. The van der Waals surface area contributed by atoms with Crippen molar-refractivity contribution in [3.05, 3.63) is 68.7 Å². The second-order valence-electron chi connectivity index (χ2n) is 6.37. The van der Waals surface area contributed by atoms with Gasteiger partial charge in [-0.3, -0.25) is 19.2 Å². The smallest absolute Gasteiger partial charge is 0.273 e. The minimum absolute atomic E-state index is 0.0921. The largest absolute Gasteiger partial charge is 0.292 e. The number of piperidine rings is 1. The third kappa shape index (κ3) is 4.78. The molecule has 1 aliphatic heterocycles. The lowest BCUT2D eigenvalue weighted by Crippen LogP contribution is -2.56. The molecule has 1 aliphatic rings. The molecule has 0 atom stereocenters. The normalized spacial score (nSPS) is 14.1. The number of benzene rings is 2. The van der Waals surface area contributed by atoms with Crippen molar-refractivity contribution in [1.82, 2.24) is 10.0 Å². The molecule has 3 amide bonds. The molecule has 1 saturated heterocycles. The van der Waals surface area contributed by atoms with Crippen molar-refractivity contribution < 1.29 is 19.2 Å². The molecule has 0 bridgehead atoms. The number of carbonyl (C=O) groups excluding carboxylic acids is 4. The van der Waals surface area contributed by atoms with E-state index in [1.54, 1.807) is 0 Å². The average molecular weight is 454 g/mol. The molecule has 1 fully saturated rings. The Hall–Kier alpha value is -2.41. The quantitative estimate of drug-likeness (QED) is 0.496. The van der Waals surface area contributed by atoms with E-state index in [1.807, 2.05) is 0 Å². The van der Waals surface area contributed by atoms with Gasteiger partial charge in [0.2, 0.25) is 11.8 Å². The summed E-state index contributed by atoms with van der Waals surface area (Å²) < 4.78 is 0. The summed E-state index contributed by atoms with van der Waals surface area (Å²) in [4.78, 5) is 50.7. The Morgan fingerprint density at radius 3 is 2.03 bits per heavy atom. The maximum atomic E-state index is 13.1. The molecule has 0 spiro atoms. The topological polar surface area (TPSA) is 74.8 Å². The zero-order chi connectivity index (χ0) is 21.1. The first-order valence-corrected chi connectivity index (χ1v) is 9.82. The number of amides is 3. The Balaban J connectivity index is 1.96. The first kappa shape index (κ1) is 21.3. The van der Waals surface area contributed by atoms with E-state index in [4.69, 9.17) is 34.8 Å². The van der Waals surface area contributed by atoms with Crippen LogP contribution in [0.2, 0.25) is 15.1 Å². The first-order valence-electron chi connectivity index (χ1n) is 8.69. The van der Waals surface area contributed by atoms with Crippen LogP contribution >= 0.6 is 34.8 Å². The molecule has 0 radical (unpaired) electrons. The van der Waals surface area contributed by atoms with Gasteiger partial charge in [-0.05, 0) is 48.9 Å². The highest BCUT2D eigenvalue weighted by Gasteiger charge is 2.36. The van der Waals surface area contributed by atoms with Gasteiger partial charge in [-0.2, -0.15) is 5.01 Å². The zero-order valence-corrected chi connectivity index (χ0v) is 17.3. The summed E-state index contributed by atoms with van der Waals surface area (Å²) in [5.41, 5.74) is 0.382. The number of halogens is 3. The van der Waals surface area contributed by atoms with Crippen LogP contribution in [0.15, 0.2) is 42.5 Å². The number of hydrazine groups is 1. The number of ketones is 1. The fourth-order valence-electron chi connectivity index (χ4n) is 2.89. The molecular formula is C20H15Cl3N2O4. The lowest BCUT2D eigenvalue weighted by molar-refractivity contribution is -0.162. The molecule has 29 heavy (non-hydrogen) atoms. The number of imide groups is 1. The third-order valence-electron chi connectivity index (χ3n) is 4.36. The second-order valence-corrected chi connectivity index (χ2v) is 7.63. The van der Waals surface area contributed by atoms with Crippen LogP contribution in [0.5, 0.6) is 0 Å². The van der Waals surface area contributed by atoms with Gasteiger partial charge >= 0.3 is 0 Å². The Labute approximate surface area is 181 Å². The molecular weight excluding hydrogens is 439 g/mol. The van der Waals surface area contributed by atoms with Gasteiger partial charge in [0.1, 0.15) is 6.54 Å². The first-order chi connectivity index (χ1) is 13.8. The number of hydrogen-bond donors (Lipinski definition) is 0. The Bertz CT molecular complexity index is 976. The molecule has 2 aromatic rings. The highest BCUT2D eigenvalue weighted by atomic mass is 35.5. The van der Waals surface area contributed by atoms with Crippen LogP contribution in [0.25, 0.3) is 0 Å². The van der Waals surface area contributed by atoms with Crippen molar-refractivity contribution in [3.63, 3.8) is 0 Å². The zero-order valence-electron chi connectivity index (χ0n) is 15.0. The molecule has 9 heteroatoms. The van der Waals surface area contributed by atoms with Gasteiger partial charge in [0, 0.05) is 29.0 Å². The third-order valence-corrected chi connectivity index (χ3v) is 5.35. The molecule has 2 aromatic carbocycles. The van der Waals surface area contributed by atoms with Crippen molar-refractivity contribution in [3.8, 4) is 0 Å². The number of carbonyl (C=O) groups is 4. The maximum absolute atomic E-state index is 13.1. The Morgan fingerprint density at radius 2 is 1.45 bits per heavy atom. The fraction of sp³-hybridized carbons (Fsp3) is 0.200. The molecule has 150 valence electrons. The lowest BCUT2D eigenvalue weighted by Gasteiger charge is -2.35. The van der Waals surface area contributed by atoms with Crippen molar-refractivity contribution in [1.29, 1.82) is 0 Å². The summed E-state index contributed by atoms with van der Waals surface area (Å²) >= 11 is 17.7. The summed E-state index contributed by atoms with van der Waals surface area (Å²) in [6.45, 7) is -0.502. The van der Waals surface area contributed by atoms with Crippen LogP contribution < -0.4 is 0 Å². The monoisotopic (exact) mass is 452 g/mol. The summed E-state index contributed by atoms with van der Waals surface area (Å²) in [5.74, 6) is -2.26. The van der Waals surface area contributed by atoms with Crippen molar-refractivity contribution in [2.75, 3.05) is 6.54 Å². The highest BCUT2D eigenvalue weighted by molar-refractivity contribution is 6.42. The van der Waals surface area contributed by atoms with Gasteiger partial charge < -0.3 is 0 Å². The predicted molar refractivity (Wildman–Crippen MR) is 109 cm³/mol. The lowest BCUT2D eigenvalue weighted by atomic mass is 10.1. The maximum Gasteiger partial charge on any atom is 0.273 e. The molecule has 0 N–H and O–H groups in total. The van der Waals surface area contributed by atoms with Gasteiger partial charge in [-0.15, -0.1) is 0 Å². The van der Waals surface area contributed by atoms with Crippen molar-refractivity contribution in [2.24, 2.45) is 0 Å². The molecule has 0 aromatic heterocycles. The summed E-state index contributed by atoms with van der Waals surface area (Å²) in [5, 5.41) is 2.45. The predicted octanol–water partition coefficient (Wildman–Crippen LogP) is 4.43. The molecule has 0 aliphatic carbocycles. The Kier molecular flexibility index (Phi) is 6.57. The van der Waals surface area contributed by atoms with Crippen LogP contribution in [0.3, 0.4) is 0 Å². The van der Waals surface area contributed by atoms with Gasteiger partial charge in [0.25, 0.3) is 5.91 Å². The van der Waals surface area contributed by atoms with Crippen molar-refractivity contribution in [2.45, 2.75) is 19.3 Å². The van der Waals surface area contributed by atoms with E-state index in [2.05, 4.69) is 0 Å². The number of Topliss-reactive ketones (excluding diaryl/α,β-unsaturated/α-hetero) is 1. The summed E-state index contributed by atoms with van der Waals surface area (Å²) in [6.07, 6.45) is 0.603. The van der Waals surface area contributed by atoms with E-state index in [0.29, 0.717) is 17.0 Å². The van der Waals surface area contributed by atoms with E-state index in [9.17, 15) is 19.2 Å². The Morgan fingerprint density at radius 1 is 0.862 bits per heavy atom. The van der Waals surface area contributed by atoms with Gasteiger partial charge in [0.15, 0.2) is 5.78 Å². The molecule has 1 heterocycles. The van der Waals surface area contributed by atoms with Crippen LogP contribution in [0.4, 0.5) is 0 Å². The SMILES string of the molecule is O=C(CN(C(=O)c1ccc(Cl)c(Cl)c1)N1C(=O)CCCC1=O)c1ccc(Cl)cc1. The summed E-state index contributed by atoms with van der Waals surface area (Å²) in [6, 6.07) is 10.3. The van der Waals surface area contributed by atoms with Crippen LogP contribution in [-0.2, 0) is 9.59 Å². The number of nitrogens with zero attached hydrogens (tertiary/aromatic N) is 2. The van der Waals surface area contributed by atoms with Crippen molar-refractivity contribution >= 4 is 58.3 Å². The van der Waals surface area contributed by atoms with Crippen LogP contribution in [0.1, 0.15) is 40.0 Å². The van der Waals surface area contributed by atoms with Crippen LogP contribution in [-0.4, -0.2) is 40.1 Å². The van der Waals surface area contributed by atoms with E-state index in [1.165, 1.54) is 42.5 Å². The van der Waals surface area contributed by atoms with Crippen LogP contribution in [0, 0.1) is 0 Å². The molecule has 0 unspecified atom stereocenters. The summed E-state index contributed by atoms with van der Waals surface area (Å²) in [7, 11) is 0. The van der Waals surface area contributed by atoms with E-state index in [0.717, 1.165) is 10.0 Å².